The molecule has 0 aliphatic rings. The van der Waals surface area contributed by atoms with Crippen LogP contribution in [0.4, 0.5) is 0 Å². The van der Waals surface area contributed by atoms with Crippen LogP contribution in [0.1, 0.15) is 10.4 Å². The van der Waals surface area contributed by atoms with Crippen LogP contribution in [0.3, 0.4) is 0 Å². The highest BCUT2D eigenvalue weighted by atomic mass is 79.9. The molecule has 0 spiro atoms. The van der Waals surface area contributed by atoms with Crippen LogP contribution in [0, 0.1) is 0 Å². The Bertz CT molecular complexity index is 652. The number of ether oxygens (including phenoxy) is 1. The van der Waals surface area contributed by atoms with Gasteiger partial charge in [-0.05, 0) is 40.2 Å². The summed E-state index contributed by atoms with van der Waals surface area (Å²) >= 11 is 10.7. The Balaban J connectivity index is 2.19. The lowest BCUT2D eigenvalue weighted by atomic mass is 10.2. The number of carbonyl (C=O) groups is 1. The van der Waals surface area contributed by atoms with Crippen molar-refractivity contribution in [3.05, 3.63) is 55.7 Å². The van der Waals surface area contributed by atoms with Gasteiger partial charge in [-0.3, -0.25) is 0 Å². The molecule has 0 aliphatic heterocycles. The molecule has 3 nitrogen and oxygen atoms in total. The number of thiophene rings is 1. The topological polar surface area (TPSA) is 46.5 Å². The Hall–Kier alpha value is -1.30. The van der Waals surface area contributed by atoms with Crippen molar-refractivity contribution >= 4 is 50.9 Å². The normalized spacial score (nSPS) is 10.9. The summed E-state index contributed by atoms with van der Waals surface area (Å²) in [4.78, 5) is 11.6. The van der Waals surface area contributed by atoms with Crippen LogP contribution >= 0.6 is 38.9 Å². The van der Waals surface area contributed by atoms with Gasteiger partial charge in [0.25, 0.3) is 0 Å². The van der Waals surface area contributed by atoms with E-state index in [-0.39, 0.29) is 0 Å². The molecule has 0 saturated heterocycles. The highest BCUT2D eigenvalue weighted by molar-refractivity contribution is 9.10. The van der Waals surface area contributed by atoms with Crippen LogP contribution in [0.2, 0.25) is 4.34 Å². The standard InChI is InChI=1S/C14H10BrClO3S/c15-11-3-1-2-9(4-7-13(17)18)14(11)19-8-10-5-6-12(16)20-10/h1-7H,8H2,(H,17,18). The number of aliphatic carboxylic acids is 1. The lowest BCUT2D eigenvalue weighted by Crippen LogP contribution is -1.96. The zero-order valence-electron chi connectivity index (χ0n) is 10.2. The summed E-state index contributed by atoms with van der Waals surface area (Å²) in [6.07, 6.45) is 2.58. The fourth-order valence-corrected chi connectivity index (χ4v) is 3.04. The summed E-state index contributed by atoms with van der Waals surface area (Å²) < 4.78 is 7.24. The van der Waals surface area contributed by atoms with Crippen LogP contribution < -0.4 is 4.74 Å². The zero-order chi connectivity index (χ0) is 14.5. The summed E-state index contributed by atoms with van der Waals surface area (Å²) in [7, 11) is 0. The SMILES string of the molecule is O=C(O)C=Cc1cccc(Br)c1OCc1ccc(Cl)s1. The van der Waals surface area contributed by atoms with E-state index in [9.17, 15) is 4.79 Å². The first-order valence-corrected chi connectivity index (χ1v) is 7.61. The first-order chi connectivity index (χ1) is 9.56. The van der Waals surface area contributed by atoms with Gasteiger partial charge in [-0.25, -0.2) is 4.79 Å². The second kappa shape index (κ2) is 6.92. The van der Waals surface area contributed by atoms with Crippen LogP contribution in [-0.2, 0) is 11.4 Å². The van der Waals surface area contributed by atoms with E-state index in [0.717, 1.165) is 15.4 Å². The number of carboxylic acids is 1. The monoisotopic (exact) mass is 372 g/mol. The summed E-state index contributed by atoms with van der Waals surface area (Å²) in [6, 6.07) is 9.17. The molecule has 0 radical (unpaired) electrons. The van der Waals surface area contributed by atoms with Gasteiger partial charge in [0.2, 0.25) is 0 Å². The number of hydrogen-bond acceptors (Lipinski definition) is 3. The molecule has 20 heavy (non-hydrogen) atoms. The number of para-hydroxylation sites is 1. The third-order valence-corrected chi connectivity index (χ3v) is 4.22. The minimum atomic E-state index is -0.999. The zero-order valence-corrected chi connectivity index (χ0v) is 13.3. The summed E-state index contributed by atoms with van der Waals surface area (Å²) in [6.45, 7) is 0.383. The number of rotatable bonds is 5. The fourth-order valence-electron chi connectivity index (χ4n) is 1.54. The van der Waals surface area contributed by atoms with E-state index < -0.39 is 5.97 Å². The van der Waals surface area contributed by atoms with Gasteiger partial charge in [0.15, 0.2) is 0 Å². The van der Waals surface area contributed by atoms with Crippen LogP contribution in [0.15, 0.2) is 40.9 Å². The smallest absolute Gasteiger partial charge is 0.328 e. The molecule has 1 heterocycles. The van der Waals surface area contributed by atoms with Crippen LogP contribution in [0.5, 0.6) is 5.75 Å². The van der Waals surface area contributed by atoms with Gasteiger partial charge in [0.05, 0.1) is 8.81 Å². The molecule has 0 bridgehead atoms. The van der Waals surface area contributed by atoms with Gasteiger partial charge in [0, 0.05) is 16.5 Å². The summed E-state index contributed by atoms with van der Waals surface area (Å²) in [5.41, 5.74) is 0.699. The van der Waals surface area contributed by atoms with E-state index in [0.29, 0.717) is 22.3 Å². The third-order valence-electron chi connectivity index (χ3n) is 2.39. The van der Waals surface area contributed by atoms with Gasteiger partial charge in [-0.1, -0.05) is 23.7 Å². The van der Waals surface area contributed by atoms with E-state index in [2.05, 4.69) is 15.9 Å². The van der Waals surface area contributed by atoms with E-state index in [4.69, 9.17) is 21.4 Å². The number of carboxylic acid groups (broad SMARTS) is 1. The Morgan fingerprint density at radius 1 is 1.40 bits per heavy atom. The van der Waals surface area contributed by atoms with Crippen molar-refractivity contribution in [2.45, 2.75) is 6.61 Å². The Morgan fingerprint density at radius 2 is 2.20 bits per heavy atom. The van der Waals surface area contributed by atoms with Crippen molar-refractivity contribution in [1.82, 2.24) is 0 Å². The highest BCUT2D eigenvalue weighted by Crippen LogP contribution is 2.31. The Kier molecular flexibility index (Phi) is 5.23. The van der Waals surface area contributed by atoms with Crippen molar-refractivity contribution in [1.29, 1.82) is 0 Å². The molecule has 104 valence electrons. The molecule has 0 amide bonds. The van der Waals surface area contributed by atoms with Crippen LogP contribution in [-0.4, -0.2) is 11.1 Å². The first kappa shape index (κ1) is 15.1. The van der Waals surface area contributed by atoms with E-state index in [1.807, 2.05) is 24.3 Å². The van der Waals surface area contributed by atoms with Crippen molar-refractivity contribution in [3.63, 3.8) is 0 Å². The van der Waals surface area contributed by atoms with E-state index >= 15 is 0 Å². The lowest BCUT2D eigenvalue weighted by molar-refractivity contribution is -0.131. The molecule has 2 aromatic rings. The fraction of sp³-hybridized carbons (Fsp3) is 0.0714. The van der Waals surface area contributed by atoms with Gasteiger partial charge < -0.3 is 9.84 Å². The molecule has 0 saturated carbocycles. The minimum absolute atomic E-state index is 0.383. The molecule has 0 atom stereocenters. The average molecular weight is 374 g/mol. The second-order valence-corrected chi connectivity index (χ2v) is 6.48. The maximum absolute atomic E-state index is 10.6. The average Bonchev–Trinajstić information content (AvgIpc) is 2.81. The van der Waals surface area contributed by atoms with E-state index in [1.165, 1.54) is 17.4 Å². The Morgan fingerprint density at radius 3 is 2.85 bits per heavy atom. The second-order valence-electron chi connectivity index (χ2n) is 3.82. The highest BCUT2D eigenvalue weighted by Gasteiger charge is 2.07. The molecular weight excluding hydrogens is 364 g/mol. The predicted octanol–water partition coefficient (Wildman–Crippen LogP) is 4.84. The van der Waals surface area contributed by atoms with E-state index in [1.54, 1.807) is 6.07 Å². The van der Waals surface area contributed by atoms with Gasteiger partial charge >= 0.3 is 5.97 Å². The van der Waals surface area contributed by atoms with Crippen molar-refractivity contribution < 1.29 is 14.6 Å². The van der Waals surface area contributed by atoms with Gasteiger partial charge in [0.1, 0.15) is 12.4 Å². The van der Waals surface area contributed by atoms with Crippen molar-refractivity contribution in [2.24, 2.45) is 0 Å². The molecule has 1 aromatic heterocycles. The summed E-state index contributed by atoms with van der Waals surface area (Å²) in [5, 5.41) is 8.69. The lowest BCUT2D eigenvalue weighted by Gasteiger charge is -2.10. The van der Waals surface area contributed by atoms with Crippen molar-refractivity contribution in [2.75, 3.05) is 0 Å². The van der Waals surface area contributed by atoms with Gasteiger partial charge in [-0.15, -0.1) is 11.3 Å². The third kappa shape index (κ3) is 4.10. The molecule has 1 N–H and O–H groups in total. The first-order valence-electron chi connectivity index (χ1n) is 5.63. The van der Waals surface area contributed by atoms with Crippen LogP contribution in [0.25, 0.3) is 6.08 Å². The molecule has 0 aliphatic carbocycles. The number of hydrogen-bond donors (Lipinski definition) is 1. The molecule has 0 fully saturated rings. The maximum Gasteiger partial charge on any atom is 0.328 e. The molecule has 1 aromatic carbocycles. The van der Waals surface area contributed by atoms with Crippen molar-refractivity contribution in [3.8, 4) is 5.75 Å². The number of halogens is 2. The van der Waals surface area contributed by atoms with Gasteiger partial charge in [-0.2, -0.15) is 0 Å². The predicted molar refractivity (Wildman–Crippen MR) is 84.5 cm³/mol. The minimum Gasteiger partial charge on any atom is -0.486 e. The largest absolute Gasteiger partial charge is 0.486 e. The summed E-state index contributed by atoms with van der Waals surface area (Å²) in [5.74, 6) is -0.393. The molecule has 2 rings (SSSR count). The Labute approximate surface area is 133 Å². The maximum atomic E-state index is 10.6. The quantitative estimate of drug-likeness (QED) is 0.763. The molecule has 0 unspecified atom stereocenters. The molecule has 6 heteroatoms. The molecular formula is C14H10BrClO3S. The number of benzene rings is 1.